The lowest BCUT2D eigenvalue weighted by atomic mass is 9.74. The molecule has 2 saturated carbocycles. The Hall–Kier alpha value is -0.690. The second-order valence-corrected chi connectivity index (χ2v) is 9.35. The Balaban J connectivity index is 0.00000201. The molecule has 0 amide bonds. The lowest BCUT2D eigenvalue weighted by Crippen LogP contribution is -2.54. The Kier molecular flexibility index (Phi) is 16.5. The molecule has 2 fully saturated rings. The van der Waals surface area contributed by atoms with Crippen LogP contribution >= 0.6 is 0 Å². The van der Waals surface area contributed by atoms with Gasteiger partial charge in [0.15, 0.2) is 5.79 Å². The molecular weight excluding hydrogens is 448 g/mol. The molecule has 0 N–H and O–H groups in total. The van der Waals surface area contributed by atoms with Crippen LogP contribution in [-0.4, -0.2) is 36.6 Å². The number of ether oxygens (including phenoxy) is 2. The summed E-state index contributed by atoms with van der Waals surface area (Å²) in [5.74, 6) is -12.0. The number of rotatable bonds is 11. The third-order valence-corrected chi connectivity index (χ3v) is 6.49. The monoisotopic (exact) mass is 498 g/mol. The molecule has 0 bridgehead atoms. The number of carbonyl (C=O) groups excluding carboxylic acids is 1. The van der Waals surface area contributed by atoms with Crippen LogP contribution in [0.4, 0.5) is 17.6 Å². The van der Waals surface area contributed by atoms with E-state index in [1.807, 2.05) is 27.7 Å². The highest BCUT2D eigenvalue weighted by atomic mass is 19.3. The van der Waals surface area contributed by atoms with E-state index in [2.05, 4.69) is 13.8 Å². The number of carbonyl (C=O) groups is 1. The SMILES string of the molecule is CC.CCC.CCCCOC1(OCCCC)CCC(C(F)(F)C(F)(F)C2CCC(=O)CC2)CC1. The molecule has 0 aromatic heterocycles. The molecule has 0 atom stereocenters. The van der Waals surface area contributed by atoms with Crippen LogP contribution in [0.15, 0.2) is 0 Å². The molecule has 2 aliphatic rings. The van der Waals surface area contributed by atoms with Crippen molar-refractivity contribution in [1.82, 2.24) is 0 Å². The smallest absolute Gasteiger partial charge is 0.313 e. The zero-order valence-electron chi connectivity index (χ0n) is 22.5. The van der Waals surface area contributed by atoms with Gasteiger partial charge in [0.25, 0.3) is 0 Å². The fraction of sp³-hybridized carbons (Fsp3) is 0.963. The Morgan fingerprint density at radius 3 is 1.47 bits per heavy atom. The topological polar surface area (TPSA) is 35.5 Å². The van der Waals surface area contributed by atoms with Crippen LogP contribution in [0.3, 0.4) is 0 Å². The van der Waals surface area contributed by atoms with Gasteiger partial charge in [0.1, 0.15) is 5.78 Å². The van der Waals surface area contributed by atoms with E-state index in [9.17, 15) is 22.4 Å². The predicted octanol–water partition coefficient (Wildman–Crippen LogP) is 8.98. The van der Waals surface area contributed by atoms with E-state index in [1.54, 1.807) is 0 Å². The molecule has 0 heterocycles. The molecule has 0 spiro atoms. The highest BCUT2D eigenvalue weighted by Gasteiger charge is 2.65. The van der Waals surface area contributed by atoms with Gasteiger partial charge in [0.05, 0.1) is 13.2 Å². The van der Waals surface area contributed by atoms with Crippen LogP contribution in [0.25, 0.3) is 0 Å². The van der Waals surface area contributed by atoms with E-state index in [4.69, 9.17) is 9.47 Å². The highest BCUT2D eigenvalue weighted by molar-refractivity contribution is 5.79. The quantitative estimate of drug-likeness (QED) is 0.162. The molecule has 0 aliphatic heterocycles. The number of halogens is 4. The van der Waals surface area contributed by atoms with Crippen molar-refractivity contribution in [3.63, 3.8) is 0 Å². The normalized spacial score (nSPS) is 19.6. The van der Waals surface area contributed by atoms with Gasteiger partial charge in [-0.25, -0.2) is 0 Å². The van der Waals surface area contributed by atoms with Gasteiger partial charge in [0, 0.05) is 37.5 Å². The summed E-state index contributed by atoms with van der Waals surface area (Å²) in [6.07, 6.45) is 4.79. The minimum Gasteiger partial charge on any atom is -0.350 e. The summed E-state index contributed by atoms with van der Waals surface area (Å²) >= 11 is 0. The lowest BCUT2D eigenvalue weighted by Gasteiger charge is -2.44. The number of hydrogen-bond donors (Lipinski definition) is 0. The first-order valence-corrected chi connectivity index (χ1v) is 13.6. The van der Waals surface area contributed by atoms with Crippen molar-refractivity contribution in [3.05, 3.63) is 0 Å². The number of unbranched alkanes of at least 4 members (excludes halogenated alkanes) is 2. The summed E-state index contributed by atoms with van der Waals surface area (Å²) in [7, 11) is 0. The molecule has 0 aromatic rings. The van der Waals surface area contributed by atoms with Crippen LogP contribution in [0.2, 0.25) is 0 Å². The van der Waals surface area contributed by atoms with Gasteiger partial charge in [-0.2, -0.15) is 17.6 Å². The van der Waals surface area contributed by atoms with Crippen LogP contribution in [0.1, 0.15) is 125 Å². The van der Waals surface area contributed by atoms with Gasteiger partial charge < -0.3 is 9.47 Å². The highest BCUT2D eigenvalue weighted by Crippen LogP contribution is 2.53. The van der Waals surface area contributed by atoms with E-state index >= 15 is 0 Å². The van der Waals surface area contributed by atoms with Crippen LogP contribution < -0.4 is 0 Å². The third-order valence-electron chi connectivity index (χ3n) is 6.49. The summed E-state index contributed by atoms with van der Waals surface area (Å²) in [5.41, 5.74) is 0. The van der Waals surface area contributed by atoms with E-state index in [0.717, 1.165) is 25.7 Å². The van der Waals surface area contributed by atoms with Crippen molar-refractivity contribution in [2.45, 2.75) is 143 Å². The molecule has 2 aliphatic carbocycles. The Morgan fingerprint density at radius 1 is 0.765 bits per heavy atom. The molecular formula is C27H50F4O3. The minimum absolute atomic E-state index is 0.0271. The van der Waals surface area contributed by atoms with E-state index < -0.39 is 29.5 Å². The minimum atomic E-state index is -4.09. The number of hydrogen-bond acceptors (Lipinski definition) is 3. The zero-order valence-corrected chi connectivity index (χ0v) is 22.5. The lowest BCUT2D eigenvalue weighted by molar-refractivity contribution is -0.294. The Bertz CT molecular complexity index is 510. The van der Waals surface area contributed by atoms with Crippen molar-refractivity contribution in [3.8, 4) is 0 Å². The third kappa shape index (κ3) is 9.75. The first kappa shape index (κ1) is 33.3. The van der Waals surface area contributed by atoms with Gasteiger partial charge in [-0.05, 0) is 38.5 Å². The van der Waals surface area contributed by atoms with Gasteiger partial charge in [-0.15, -0.1) is 0 Å². The second-order valence-electron chi connectivity index (χ2n) is 9.35. The predicted molar refractivity (Wildman–Crippen MR) is 131 cm³/mol. The fourth-order valence-corrected chi connectivity index (χ4v) is 4.40. The maximum atomic E-state index is 14.9. The van der Waals surface area contributed by atoms with Gasteiger partial charge in [0.2, 0.25) is 0 Å². The van der Waals surface area contributed by atoms with Crippen LogP contribution in [-0.2, 0) is 14.3 Å². The fourth-order valence-electron chi connectivity index (χ4n) is 4.40. The number of Topliss-reactive ketones (excluding diaryl/α,β-unsaturated/α-hetero) is 1. The average Bonchev–Trinajstić information content (AvgIpc) is 2.82. The molecule has 0 unspecified atom stereocenters. The van der Waals surface area contributed by atoms with Crippen molar-refractivity contribution in [2.75, 3.05) is 13.2 Å². The van der Waals surface area contributed by atoms with Crippen molar-refractivity contribution in [1.29, 1.82) is 0 Å². The van der Waals surface area contributed by atoms with Crippen molar-refractivity contribution in [2.24, 2.45) is 11.8 Å². The zero-order chi connectivity index (χ0) is 26.3. The largest absolute Gasteiger partial charge is 0.350 e. The summed E-state index contributed by atoms with van der Waals surface area (Å²) in [6.45, 7) is 13.3. The molecule has 2 rings (SSSR count). The van der Waals surface area contributed by atoms with Crippen molar-refractivity contribution < 1.29 is 31.8 Å². The molecule has 0 saturated heterocycles. The number of alkyl halides is 4. The molecule has 3 nitrogen and oxygen atoms in total. The Labute approximate surface area is 205 Å². The van der Waals surface area contributed by atoms with Gasteiger partial charge >= 0.3 is 11.8 Å². The van der Waals surface area contributed by atoms with Gasteiger partial charge in [-0.3, -0.25) is 4.79 Å². The molecule has 7 heteroatoms. The van der Waals surface area contributed by atoms with Crippen LogP contribution in [0.5, 0.6) is 0 Å². The molecule has 0 radical (unpaired) electrons. The standard InChI is InChI=1S/C22H36F4O3.C3H8.C2H6/c1-3-5-15-28-20(29-16-6-4-2)13-11-18(12-14-20)22(25,26)21(23,24)17-7-9-19(27)10-8-17;1-3-2;1-2/h17-18H,3-16H2,1-2H3;3H2,1-2H3;1-2H3. The molecule has 34 heavy (non-hydrogen) atoms. The second kappa shape index (κ2) is 16.9. The maximum absolute atomic E-state index is 14.9. The summed E-state index contributed by atoms with van der Waals surface area (Å²) in [4.78, 5) is 11.3. The first-order valence-electron chi connectivity index (χ1n) is 13.6. The number of ketones is 1. The van der Waals surface area contributed by atoms with Crippen LogP contribution in [0, 0.1) is 11.8 Å². The summed E-state index contributed by atoms with van der Waals surface area (Å²) < 4.78 is 71.2. The van der Waals surface area contributed by atoms with E-state index in [-0.39, 0.29) is 57.1 Å². The van der Waals surface area contributed by atoms with Gasteiger partial charge in [-0.1, -0.05) is 60.8 Å². The first-order chi connectivity index (χ1) is 16.1. The van der Waals surface area contributed by atoms with E-state index in [1.165, 1.54) is 6.42 Å². The maximum Gasteiger partial charge on any atom is 0.313 e. The molecule has 204 valence electrons. The van der Waals surface area contributed by atoms with E-state index in [0.29, 0.717) is 13.2 Å². The van der Waals surface area contributed by atoms with Crippen molar-refractivity contribution >= 4 is 5.78 Å². The average molecular weight is 499 g/mol. The summed E-state index contributed by atoms with van der Waals surface area (Å²) in [5, 5.41) is 0. The Morgan fingerprint density at radius 2 is 1.12 bits per heavy atom. The summed E-state index contributed by atoms with van der Waals surface area (Å²) in [6, 6.07) is 0. The molecule has 0 aromatic carbocycles.